The maximum atomic E-state index is 13.8. The van der Waals surface area contributed by atoms with Crippen LogP contribution >= 0.6 is 0 Å². The summed E-state index contributed by atoms with van der Waals surface area (Å²) in [5.74, 6) is 0.724. The van der Waals surface area contributed by atoms with Gasteiger partial charge in [0.15, 0.2) is 0 Å². The molecule has 1 amide bonds. The van der Waals surface area contributed by atoms with E-state index in [4.69, 9.17) is 0 Å². The molecule has 192 valence electrons. The van der Waals surface area contributed by atoms with Gasteiger partial charge < -0.3 is 19.6 Å². The van der Waals surface area contributed by atoms with E-state index >= 15 is 0 Å². The van der Waals surface area contributed by atoms with Crippen molar-refractivity contribution in [2.75, 3.05) is 69.2 Å². The molecule has 1 saturated carbocycles. The van der Waals surface area contributed by atoms with Crippen molar-refractivity contribution in [3.05, 3.63) is 82.8 Å². The number of hydrogen-bond donors (Lipinski definition) is 0. The van der Waals surface area contributed by atoms with Gasteiger partial charge in [0.25, 0.3) is 5.56 Å². The third kappa shape index (κ3) is 4.73. The molecule has 0 N–H and O–H groups in total. The van der Waals surface area contributed by atoms with E-state index in [1.807, 2.05) is 59.6 Å². The lowest BCUT2D eigenvalue weighted by atomic mass is 10.1. The zero-order valence-electron chi connectivity index (χ0n) is 21.4. The fraction of sp³-hybridized carbons (Fsp3) is 0.414. The number of piperazine rings is 2. The van der Waals surface area contributed by atoms with Gasteiger partial charge in [0.1, 0.15) is 5.69 Å². The van der Waals surface area contributed by atoms with E-state index < -0.39 is 0 Å². The van der Waals surface area contributed by atoms with Crippen LogP contribution in [-0.2, 0) is 4.79 Å². The second kappa shape index (κ2) is 10.0. The van der Waals surface area contributed by atoms with E-state index in [1.54, 1.807) is 0 Å². The molecule has 3 aromatic rings. The Bertz CT molecular complexity index is 1290. The highest BCUT2D eigenvalue weighted by Gasteiger charge is 2.46. The number of nitrogens with zero attached hydrogens (tertiary/aromatic N) is 6. The van der Waals surface area contributed by atoms with Gasteiger partial charge in [0, 0.05) is 58.3 Å². The van der Waals surface area contributed by atoms with E-state index in [1.165, 1.54) is 10.2 Å². The Hall–Kier alpha value is -3.65. The fourth-order valence-electron chi connectivity index (χ4n) is 5.69. The number of para-hydroxylation sites is 1. The largest absolute Gasteiger partial charge is 0.365 e. The third-order valence-corrected chi connectivity index (χ3v) is 8.02. The first-order valence-electron chi connectivity index (χ1n) is 13.3. The highest BCUT2D eigenvalue weighted by molar-refractivity contribution is 5.83. The number of hydrogen-bond acceptors (Lipinski definition) is 6. The molecule has 0 bridgehead atoms. The molecule has 37 heavy (non-hydrogen) atoms. The second-order valence-corrected chi connectivity index (χ2v) is 10.4. The average molecular weight is 499 g/mol. The highest BCUT2D eigenvalue weighted by atomic mass is 16.2. The van der Waals surface area contributed by atoms with Gasteiger partial charge in [-0.15, -0.1) is 0 Å². The number of carbonyl (C=O) groups excluding carboxylic acids is 1. The summed E-state index contributed by atoms with van der Waals surface area (Å²) in [7, 11) is 2.12. The van der Waals surface area contributed by atoms with Crippen molar-refractivity contribution < 1.29 is 4.79 Å². The van der Waals surface area contributed by atoms with Crippen LogP contribution in [0.15, 0.2) is 71.7 Å². The summed E-state index contributed by atoms with van der Waals surface area (Å²) in [4.78, 5) is 35.8. The summed E-state index contributed by atoms with van der Waals surface area (Å²) in [6.45, 7) is 6.17. The van der Waals surface area contributed by atoms with Gasteiger partial charge in [-0.05, 0) is 37.1 Å². The van der Waals surface area contributed by atoms with Gasteiger partial charge in [-0.2, -0.15) is 9.78 Å². The van der Waals surface area contributed by atoms with Crippen LogP contribution < -0.4 is 15.4 Å². The van der Waals surface area contributed by atoms with E-state index in [2.05, 4.69) is 39.0 Å². The van der Waals surface area contributed by atoms with Crippen molar-refractivity contribution in [1.29, 1.82) is 0 Å². The molecule has 8 heteroatoms. The minimum atomic E-state index is -0.0876. The first kappa shape index (κ1) is 23.7. The van der Waals surface area contributed by atoms with Gasteiger partial charge in [0.05, 0.1) is 17.6 Å². The van der Waals surface area contributed by atoms with Crippen molar-refractivity contribution in [3.8, 4) is 5.69 Å². The first-order valence-corrected chi connectivity index (χ1v) is 13.3. The molecule has 2 saturated heterocycles. The van der Waals surface area contributed by atoms with E-state index in [9.17, 15) is 9.59 Å². The Morgan fingerprint density at radius 1 is 0.811 bits per heavy atom. The number of carbonyl (C=O) groups is 1. The number of benzene rings is 2. The summed E-state index contributed by atoms with van der Waals surface area (Å²) in [5, 5.41) is 4.57. The lowest BCUT2D eigenvalue weighted by Gasteiger charge is -2.39. The van der Waals surface area contributed by atoms with Crippen LogP contribution in [0.4, 0.5) is 11.4 Å². The topological polar surface area (TPSA) is 64.9 Å². The molecular weight excluding hydrogens is 464 g/mol. The Morgan fingerprint density at radius 3 is 2.11 bits per heavy atom. The number of anilines is 2. The molecule has 3 aliphatic rings. The van der Waals surface area contributed by atoms with Gasteiger partial charge in [-0.1, -0.05) is 48.5 Å². The molecule has 0 spiro atoms. The van der Waals surface area contributed by atoms with Crippen molar-refractivity contribution in [1.82, 2.24) is 19.6 Å². The van der Waals surface area contributed by atoms with E-state index in [0.29, 0.717) is 32.1 Å². The van der Waals surface area contributed by atoms with Gasteiger partial charge in [-0.25, -0.2) is 0 Å². The lowest BCUT2D eigenvalue weighted by Crippen LogP contribution is -2.51. The van der Waals surface area contributed by atoms with Crippen LogP contribution in [0.1, 0.15) is 17.9 Å². The zero-order valence-corrected chi connectivity index (χ0v) is 21.4. The molecular formula is C29H34N6O2. The van der Waals surface area contributed by atoms with Crippen LogP contribution in [0.25, 0.3) is 5.69 Å². The normalized spacial score (nSPS) is 22.2. The predicted octanol–water partition coefficient (Wildman–Crippen LogP) is 2.44. The van der Waals surface area contributed by atoms with Gasteiger partial charge >= 0.3 is 0 Å². The van der Waals surface area contributed by atoms with Crippen molar-refractivity contribution in [2.24, 2.45) is 5.92 Å². The predicted molar refractivity (Wildman–Crippen MR) is 146 cm³/mol. The number of aromatic nitrogens is 2. The van der Waals surface area contributed by atoms with Gasteiger partial charge in [-0.3, -0.25) is 9.59 Å². The lowest BCUT2D eigenvalue weighted by molar-refractivity contribution is -0.132. The SMILES string of the molecule is CN1CCN(c2c(N3CCN(C(=O)[C@@H]4C[C@H]4c4ccccc4)CC3)cnn(-c3ccccc3)c2=O)CC1. The number of rotatable bonds is 5. The summed E-state index contributed by atoms with van der Waals surface area (Å²) < 4.78 is 1.51. The third-order valence-electron chi connectivity index (χ3n) is 8.02. The standard InChI is InChI=1S/C29H34N6O2/c1-31-12-14-33(15-13-31)27-26(21-30-35(29(27)37)23-10-6-3-7-11-23)32-16-18-34(19-17-32)28(36)25-20-24(25)22-8-4-2-5-9-22/h2-11,21,24-25H,12-20H2,1H3/t24-,25+/m0/s1. The Morgan fingerprint density at radius 2 is 1.43 bits per heavy atom. The van der Waals surface area contributed by atoms with Crippen molar-refractivity contribution >= 4 is 17.3 Å². The first-order chi connectivity index (χ1) is 18.1. The average Bonchev–Trinajstić information content (AvgIpc) is 3.75. The van der Waals surface area contributed by atoms with Gasteiger partial charge in [0.2, 0.25) is 5.91 Å². The maximum absolute atomic E-state index is 13.8. The molecule has 2 atom stereocenters. The molecule has 3 fully saturated rings. The van der Waals surface area contributed by atoms with Crippen molar-refractivity contribution in [2.45, 2.75) is 12.3 Å². The monoisotopic (exact) mass is 498 g/mol. The molecule has 3 heterocycles. The number of likely N-dealkylation sites (N-methyl/N-ethyl adjacent to an activating group) is 1. The molecule has 2 aromatic carbocycles. The summed E-state index contributed by atoms with van der Waals surface area (Å²) in [6.07, 6.45) is 2.78. The highest BCUT2D eigenvalue weighted by Crippen LogP contribution is 2.48. The Kier molecular flexibility index (Phi) is 6.42. The van der Waals surface area contributed by atoms with Crippen LogP contribution in [0, 0.1) is 5.92 Å². The fourth-order valence-corrected chi connectivity index (χ4v) is 5.69. The summed E-state index contributed by atoms with van der Waals surface area (Å²) in [6, 6.07) is 20.0. The van der Waals surface area contributed by atoms with E-state index in [-0.39, 0.29) is 17.4 Å². The Labute approximate surface area is 217 Å². The van der Waals surface area contributed by atoms with Crippen LogP contribution in [0.3, 0.4) is 0 Å². The smallest absolute Gasteiger partial charge is 0.297 e. The number of amides is 1. The molecule has 0 unspecified atom stereocenters. The zero-order chi connectivity index (χ0) is 25.4. The molecule has 1 aliphatic carbocycles. The Balaban J connectivity index is 1.21. The summed E-state index contributed by atoms with van der Waals surface area (Å²) in [5.41, 5.74) is 3.54. The molecule has 2 aliphatic heterocycles. The minimum Gasteiger partial charge on any atom is -0.365 e. The molecule has 8 nitrogen and oxygen atoms in total. The van der Waals surface area contributed by atoms with E-state index in [0.717, 1.165) is 49.7 Å². The molecule has 1 aromatic heterocycles. The minimum absolute atomic E-state index is 0.0876. The van der Waals surface area contributed by atoms with Crippen LogP contribution in [0.2, 0.25) is 0 Å². The summed E-state index contributed by atoms with van der Waals surface area (Å²) >= 11 is 0. The van der Waals surface area contributed by atoms with Crippen LogP contribution in [-0.4, -0.2) is 84.9 Å². The van der Waals surface area contributed by atoms with Crippen molar-refractivity contribution in [3.63, 3.8) is 0 Å². The molecule has 6 rings (SSSR count). The quantitative estimate of drug-likeness (QED) is 0.539. The molecule has 0 radical (unpaired) electrons. The second-order valence-electron chi connectivity index (χ2n) is 10.4. The maximum Gasteiger partial charge on any atom is 0.297 e. The van der Waals surface area contributed by atoms with Crippen LogP contribution in [0.5, 0.6) is 0 Å².